The Morgan fingerprint density at radius 1 is 1.12 bits per heavy atom. The summed E-state index contributed by atoms with van der Waals surface area (Å²) in [5.41, 5.74) is -0.785. The first-order valence-electron chi connectivity index (χ1n) is 7.00. The molecule has 11 heteroatoms. The lowest BCUT2D eigenvalue weighted by Crippen LogP contribution is -2.24. The van der Waals surface area contributed by atoms with Gasteiger partial charge in [0.25, 0.3) is 5.91 Å². The maximum atomic E-state index is 12.9. The third kappa shape index (κ3) is 3.72. The van der Waals surface area contributed by atoms with Gasteiger partial charge in [-0.25, -0.2) is 0 Å². The molecule has 0 aliphatic carbocycles. The zero-order chi connectivity index (χ0) is 19.1. The molecule has 0 fully saturated rings. The second kappa shape index (κ2) is 6.94. The number of fused-ring (bicyclic) bond motifs is 1. The van der Waals surface area contributed by atoms with E-state index in [2.05, 4.69) is 15.5 Å². The molecule has 0 aliphatic rings. The van der Waals surface area contributed by atoms with Crippen LogP contribution in [0.3, 0.4) is 0 Å². The van der Waals surface area contributed by atoms with Gasteiger partial charge in [0, 0.05) is 11.2 Å². The summed E-state index contributed by atoms with van der Waals surface area (Å²) in [5.74, 6) is -0.494. The lowest BCUT2D eigenvalue weighted by Gasteiger charge is -2.09. The van der Waals surface area contributed by atoms with Crippen LogP contribution in [0.2, 0.25) is 15.1 Å². The number of alkyl halides is 3. The molecule has 0 atom stereocenters. The molecule has 1 amide bonds. The Morgan fingerprint density at radius 2 is 1.85 bits per heavy atom. The van der Waals surface area contributed by atoms with Crippen molar-refractivity contribution in [2.24, 2.45) is 0 Å². The Balaban J connectivity index is 1.88. The van der Waals surface area contributed by atoms with Gasteiger partial charge in [0.1, 0.15) is 0 Å². The molecule has 3 aromatic rings. The van der Waals surface area contributed by atoms with Crippen molar-refractivity contribution < 1.29 is 18.0 Å². The van der Waals surface area contributed by atoms with Gasteiger partial charge < -0.3 is 5.32 Å². The molecule has 2 heterocycles. The molecule has 0 saturated carbocycles. The molecule has 1 aromatic carbocycles. The van der Waals surface area contributed by atoms with E-state index >= 15 is 0 Å². The van der Waals surface area contributed by atoms with Crippen molar-refractivity contribution in [2.45, 2.75) is 12.7 Å². The number of nitrogens with one attached hydrogen (secondary N) is 1. The van der Waals surface area contributed by atoms with Gasteiger partial charge in [-0.2, -0.15) is 13.2 Å². The molecule has 0 aliphatic heterocycles. The molecule has 3 rings (SSSR count). The average Bonchev–Trinajstić information content (AvgIpc) is 2.97. The predicted octanol–water partition coefficient (Wildman–Crippen LogP) is 4.64. The Labute approximate surface area is 159 Å². The van der Waals surface area contributed by atoms with Crippen molar-refractivity contribution in [3.05, 3.63) is 62.5 Å². The van der Waals surface area contributed by atoms with Crippen LogP contribution in [0, 0.1) is 0 Å². The fraction of sp³-hybridized carbons (Fsp3) is 0.133. The second-order valence-electron chi connectivity index (χ2n) is 5.19. The summed E-state index contributed by atoms with van der Waals surface area (Å²) in [4.78, 5) is 12.2. The van der Waals surface area contributed by atoms with Gasteiger partial charge in [0.2, 0.25) is 0 Å². The van der Waals surface area contributed by atoms with E-state index < -0.39 is 17.6 Å². The molecule has 1 N–H and O–H groups in total. The molecule has 26 heavy (non-hydrogen) atoms. The monoisotopic (exact) mass is 422 g/mol. The van der Waals surface area contributed by atoms with E-state index in [1.54, 1.807) is 0 Å². The largest absolute Gasteiger partial charge is 0.417 e. The van der Waals surface area contributed by atoms with E-state index in [1.165, 1.54) is 18.2 Å². The summed E-state index contributed by atoms with van der Waals surface area (Å²) in [6, 6.07) is 5.12. The van der Waals surface area contributed by atoms with Crippen LogP contribution in [0.15, 0.2) is 30.5 Å². The number of hydrogen-bond donors (Lipinski definition) is 1. The Morgan fingerprint density at radius 3 is 2.54 bits per heavy atom. The number of carbonyl (C=O) groups is 1. The number of hydrogen-bond acceptors (Lipinski definition) is 3. The van der Waals surface area contributed by atoms with E-state index in [-0.39, 0.29) is 33.6 Å². The van der Waals surface area contributed by atoms with Gasteiger partial charge >= 0.3 is 6.18 Å². The minimum atomic E-state index is -4.59. The highest BCUT2D eigenvalue weighted by molar-refractivity contribution is 6.35. The zero-order valence-electron chi connectivity index (χ0n) is 12.6. The molecule has 0 unspecified atom stereocenters. The van der Waals surface area contributed by atoms with Gasteiger partial charge in [-0.3, -0.25) is 9.20 Å². The summed E-state index contributed by atoms with van der Waals surface area (Å²) in [6.07, 6.45) is -3.77. The Bertz CT molecular complexity index is 1000. The topological polar surface area (TPSA) is 59.3 Å². The van der Waals surface area contributed by atoms with Crippen LogP contribution in [0.4, 0.5) is 13.2 Å². The van der Waals surface area contributed by atoms with Gasteiger partial charge in [0.15, 0.2) is 11.5 Å². The van der Waals surface area contributed by atoms with E-state index in [1.807, 2.05) is 0 Å². The summed E-state index contributed by atoms with van der Waals surface area (Å²) in [7, 11) is 0. The van der Waals surface area contributed by atoms with Crippen LogP contribution in [0.25, 0.3) is 5.65 Å². The maximum absolute atomic E-state index is 12.9. The summed E-state index contributed by atoms with van der Waals surface area (Å²) >= 11 is 17.6. The highest BCUT2D eigenvalue weighted by atomic mass is 35.5. The minimum Gasteiger partial charge on any atom is -0.345 e. The normalized spacial score (nSPS) is 11.8. The number of rotatable bonds is 3. The number of amides is 1. The van der Waals surface area contributed by atoms with E-state index in [0.717, 1.165) is 16.7 Å². The molecule has 2 aromatic heterocycles. The van der Waals surface area contributed by atoms with Crippen LogP contribution in [-0.4, -0.2) is 20.5 Å². The molecule has 0 saturated heterocycles. The number of carbonyl (C=O) groups excluding carboxylic acids is 1. The minimum absolute atomic E-state index is 0.0460. The van der Waals surface area contributed by atoms with Crippen molar-refractivity contribution in [3.8, 4) is 0 Å². The van der Waals surface area contributed by atoms with Crippen molar-refractivity contribution in [1.29, 1.82) is 0 Å². The highest BCUT2D eigenvalue weighted by Gasteiger charge is 2.32. The first-order valence-corrected chi connectivity index (χ1v) is 8.14. The van der Waals surface area contributed by atoms with Crippen LogP contribution >= 0.6 is 34.8 Å². The SMILES string of the molecule is O=C(NCc1nnc2c(Cl)cc(C(F)(F)F)cn12)c1cc(Cl)ccc1Cl. The van der Waals surface area contributed by atoms with Crippen molar-refractivity contribution in [3.63, 3.8) is 0 Å². The number of halogens is 6. The van der Waals surface area contributed by atoms with Gasteiger partial charge in [-0.15, -0.1) is 10.2 Å². The van der Waals surface area contributed by atoms with Gasteiger partial charge in [0.05, 0.1) is 27.7 Å². The van der Waals surface area contributed by atoms with E-state index in [4.69, 9.17) is 34.8 Å². The average molecular weight is 424 g/mol. The van der Waals surface area contributed by atoms with Gasteiger partial charge in [-0.05, 0) is 24.3 Å². The summed E-state index contributed by atoms with van der Waals surface area (Å²) in [6.45, 7) is -0.194. The summed E-state index contributed by atoms with van der Waals surface area (Å²) in [5, 5.41) is 10.3. The third-order valence-corrected chi connectivity index (χ3v) is 4.28. The number of benzene rings is 1. The fourth-order valence-corrected chi connectivity index (χ4v) is 2.82. The van der Waals surface area contributed by atoms with Crippen molar-refractivity contribution >= 4 is 46.4 Å². The first kappa shape index (κ1) is 18.8. The Hall–Kier alpha value is -2.03. The lowest BCUT2D eigenvalue weighted by molar-refractivity contribution is -0.137. The van der Waals surface area contributed by atoms with Gasteiger partial charge in [-0.1, -0.05) is 34.8 Å². The predicted molar refractivity (Wildman–Crippen MR) is 90.6 cm³/mol. The zero-order valence-corrected chi connectivity index (χ0v) is 14.9. The maximum Gasteiger partial charge on any atom is 0.417 e. The summed E-state index contributed by atoms with van der Waals surface area (Å²) < 4.78 is 39.9. The van der Waals surface area contributed by atoms with Crippen LogP contribution in [0.5, 0.6) is 0 Å². The molecule has 0 radical (unpaired) electrons. The first-order chi connectivity index (χ1) is 12.2. The molecular weight excluding hydrogens is 416 g/mol. The smallest absolute Gasteiger partial charge is 0.345 e. The lowest BCUT2D eigenvalue weighted by atomic mass is 10.2. The van der Waals surface area contributed by atoms with Crippen LogP contribution < -0.4 is 5.32 Å². The molecule has 0 spiro atoms. The standard InChI is InChI=1S/C15H8Cl3F3N4O/c16-8-1-2-10(17)9(4-8)14(26)22-5-12-23-24-13-11(18)3-7(6-25(12)13)15(19,20)21/h1-4,6H,5H2,(H,22,26). The molecular formula is C15H8Cl3F3N4O. The second-order valence-corrected chi connectivity index (χ2v) is 6.44. The third-order valence-electron chi connectivity index (χ3n) is 3.44. The quantitative estimate of drug-likeness (QED) is 0.668. The van der Waals surface area contributed by atoms with Crippen LogP contribution in [0.1, 0.15) is 21.7 Å². The van der Waals surface area contributed by atoms with E-state index in [9.17, 15) is 18.0 Å². The van der Waals surface area contributed by atoms with E-state index in [0.29, 0.717) is 5.02 Å². The number of aromatic nitrogens is 3. The number of pyridine rings is 1. The number of nitrogens with zero attached hydrogens (tertiary/aromatic N) is 3. The van der Waals surface area contributed by atoms with Crippen molar-refractivity contribution in [2.75, 3.05) is 0 Å². The molecule has 0 bridgehead atoms. The Kier molecular flexibility index (Phi) is 5.01. The fourth-order valence-electron chi connectivity index (χ4n) is 2.20. The highest BCUT2D eigenvalue weighted by Crippen LogP contribution is 2.32. The molecule has 136 valence electrons. The molecule has 5 nitrogen and oxygen atoms in total. The van der Waals surface area contributed by atoms with Crippen LogP contribution in [-0.2, 0) is 12.7 Å². The van der Waals surface area contributed by atoms with Crippen molar-refractivity contribution in [1.82, 2.24) is 19.9 Å².